The van der Waals surface area contributed by atoms with Crippen LogP contribution < -0.4 is 10.6 Å². The summed E-state index contributed by atoms with van der Waals surface area (Å²) in [6.45, 7) is 2.03. The summed E-state index contributed by atoms with van der Waals surface area (Å²) >= 11 is 0. The minimum Gasteiger partial charge on any atom is -0.359 e. The minimum atomic E-state index is -0.0538. The number of hydrogen-bond acceptors (Lipinski definition) is 2. The molecule has 2 N–H and O–H groups in total. The van der Waals surface area contributed by atoms with E-state index >= 15 is 0 Å². The van der Waals surface area contributed by atoms with Gasteiger partial charge < -0.3 is 10.6 Å². The van der Waals surface area contributed by atoms with Crippen LogP contribution in [0.2, 0.25) is 0 Å². The molecule has 0 saturated heterocycles. The van der Waals surface area contributed by atoms with Gasteiger partial charge in [0.25, 0.3) is 0 Å². The second-order valence-corrected chi connectivity index (χ2v) is 2.26. The standard InChI is InChI=1S/C7H14N2O2/c1-6(10)9-5-3-4-7(11)8-2/h3-5H2,1-2H3,(H,8,11)(H,9,10). The van der Waals surface area contributed by atoms with Gasteiger partial charge in [0.1, 0.15) is 0 Å². The fraction of sp³-hybridized carbons (Fsp3) is 0.714. The quantitative estimate of drug-likeness (QED) is 0.549. The third kappa shape index (κ3) is 6.83. The highest BCUT2D eigenvalue weighted by Crippen LogP contribution is 1.85. The van der Waals surface area contributed by atoms with Gasteiger partial charge in [-0.2, -0.15) is 0 Å². The van der Waals surface area contributed by atoms with Crippen LogP contribution >= 0.6 is 0 Å². The maximum atomic E-state index is 10.6. The lowest BCUT2D eigenvalue weighted by Crippen LogP contribution is -2.23. The Kier molecular flexibility index (Phi) is 5.15. The van der Waals surface area contributed by atoms with Gasteiger partial charge in [0, 0.05) is 26.9 Å². The van der Waals surface area contributed by atoms with E-state index in [0.29, 0.717) is 19.4 Å². The summed E-state index contributed by atoms with van der Waals surface area (Å²) in [5.74, 6) is -0.0442. The molecule has 0 radical (unpaired) electrons. The Morgan fingerprint density at radius 1 is 1.36 bits per heavy atom. The van der Waals surface area contributed by atoms with Gasteiger partial charge in [0.2, 0.25) is 11.8 Å². The number of amides is 2. The van der Waals surface area contributed by atoms with E-state index in [9.17, 15) is 9.59 Å². The van der Waals surface area contributed by atoms with Gasteiger partial charge in [0.05, 0.1) is 0 Å². The Morgan fingerprint density at radius 2 is 2.00 bits per heavy atom. The zero-order chi connectivity index (χ0) is 8.69. The van der Waals surface area contributed by atoms with Crippen molar-refractivity contribution in [2.75, 3.05) is 13.6 Å². The van der Waals surface area contributed by atoms with Crippen LogP contribution in [-0.2, 0) is 9.59 Å². The second-order valence-electron chi connectivity index (χ2n) is 2.26. The third-order valence-corrected chi connectivity index (χ3v) is 1.23. The molecule has 11 heavy (non-hydrogen) atoms. The fourth-order valence-electron chi connectivity index (χ4n) is 0.638. The molecule has 0 aliphatic rings. The predicted molar refractivity (Wildman–Crippen MR) is 42.0 cm³/mol. The minimum absolute atomic E-state index is 0.00959. The Hall–Kier alpha value is -1.06. The molecule has 0 aliphatic carbocycles. The van der Waals surface area contributed by atoms with Crippen LogP contribution in [0.25, 0.3) is 0 Å². The van der Waals surface area contributed by atoms with Gasteiger partial charge >= 0.3 is 0 Å². The molecule has 0 aromatic carbocycles. The van der Waals surface area contributed by atoms with Gasteiger partial charge in [-0.3, -0.25) is 9.59 Å². The first-order valence-electron chi connectivity index (χ1n) is 3.62. The van der Waals surface area contributed by atoms with E-state index in [-0.39, 0.29) is 11.8 Å². The molecule has 0 aromatic heterocycles. The predicted octanol–water partition coefficient (Wildman–Crippen LogP) is -0.351. The normalized spacial score (nSPS) is 8.91. The summed E-state index contributed by atoms with van der Waals surface area (Å²) < 4.78 is 0. The SMILES string of the molecule is CNC(=O)CCCNC(C)=O. The van der Waals surface area contributed by atoms with E-state index in [1.54, 1.807) is 7.05 Å². The summed E-state index contributed by atoms with van der Waals surface area (Å²) in [5.41, 5.74) is 0. The Bertz CT molecular complexity index is 145. The molecule has 0 bridgehead atoms. The van der Waals surface area contributed by atoms with E-state index in [1.165, 1.54) is 6.92 Å². The van der Waals surface area contributed by atoms with Crippen LogP contribution in [0.15, 0.2) is 0 Å². The van der Waals surface area contributed by atoms with E-state index in [0.717, 1.165) is 0 Å². The summed E-state index contributed by atoms with van der Waals surface area (Å²) in [6, 6.07) is 0. The first-order valence-corrected chi connectivity index (χ1v) is 3.62. The van der Waals surface area contributed by atoms with Crippen LogP contribution in [0, 0.1) is 0 Å². The van der Waals surface area contributed by atoms with Crippen molar-refractivity contribution < 1.29 is 9.59 Å². The maximum absolute atomic E-state index is 10.6. The fourth-order valence-corrected chi connectivity index (χ4v) is 0.638. The van der Waals surface area contributed by atoms with Crippen LogP contribution in [0.5, 0.6) is 0 Å². The monoisotopic (exact) mass is 158 g/mol. The van der Waals surface area contributed by atoms with Crippen LogP contribution in [-0.4, -0.2) is 25.4 Å². The summed E-state index contributed by atoms with van der Waals surface area (Å²) in [5, 5.41) is 5.11. The van der Waals surface area contributed by atoms with Crippen molar-refractivity contribution in [2.24, 2.45) is 0 Å². The molecular weight excluding hydrogens is 144 g/mol. The van der Waals surface area contributed by atoms with Crippen LogP contribution in [0.4, 0.5) is 0 Å². The molecule has 0 saturated carbocycles. The molecule has 64 valence electrons. The maximum Gasteiger partial charge on any atom is 0.219 e. The van der Waals surface area contributed by atoms with Crippen LogP contribution in [0.1, 0.15) is 19.8 Å². The highest BCUT2D eigenvalue weighted by Gasteiger charge is 1.96. The molecule has 0 aliphatic heterocycles. The smallest absolute Gasteiger partial charge is 0.219 e. The average molecular weight is 158 g/mol. The van der Waals surface area contributed by atoms with Crippen molar-refractivity contribution in [3.63, 3.8) is 0 Å². The van der Waals surface area contributed by atoms with Crippen molar-refractivity contribution >= 4 is 11.8 Å². The molecular formula is C7H14N2O2. The Balaban J connectivity index is 3.14. The van der Waals surface area contributed by atoms with E-state index < -0.39 is 0 Å². The molecule has 0 atom stereocenters. The summed E-state index contributed by atoms with van der Waals surface area (Å²) in [6.07, 6.45) is 1.16. The molecule has 4 heteroatoms. The lowest BCUT2D eigenvalue weighted by atomic mass is 10.3. The molecule has 0 rings (SSSR count). The second kappa shape index (κ2) is 5.70. The first kappa shape index (κ1) is 9.94. The first-order chi connectivity index (χ1) is 5.16. The largest absolute Gasteiger partial charge is 0.359 e. The molecule has 2 amide bonds. The van der Waals surface area contributed by atoms with Gasteiger partial charge in [-0.05, 0) is 6.42 Å². The molecule has 0 spiro atoms. The number of carbonyl (C=O) groups is 2. The van der Waals surface area contributed by atoms with Gasteiger partial charge in [-0.25, -0.2) is 0 Å². The topological polar surface area (TPSA) is 58.2 Å². The highest BCUT2D eigenvalue weighted by atomic mass is 16.2. The zero-order valence-corrected chi connectivity index (χ0v) is 6.94. The van der Waals surface area contributed by atoms with Gasteiger partial charge in [-0.1, -0.05) is 0 Å². The summed E-state index contributed by atoms with van der Waals surface area (Å²) in [7, 11) is 1.60. The van der Waals surface area contributed by atoms with Crippen molar-refractivity contribution in [3.05, 3.63) is 0 Å². The van der Waals surface area contributed by atoms with E-state index in [2.05, 4.69) is 10.6 Å². The number of rotatable bonds is 4. The lowest BCUT2D eigenvalue weighted by Gasteiger charge is -2.00. The molecule has 0 unspecified atom stereocenters. The lowest BCUT2D eigenvalue weighted by molar-refractivity contribution is -0.121. The number of nitrogens with one attached hydrogen (secondary N) is 2. The summed E-state index contributed by atoms with van der Waals surface area (Å²) in [4.78, 5) is 21.0. The number of hydrogen-bond donors (Lipinski definition) is 2. The molecule has 0 fully saturated rings. The van der Waals surface area contributed by atoms with E-state index in [1.807, 2.05) is 0 Å². The van der Waals surface area contributed by atoms with Crippen LogP contribution in [0.3, 0.4) is 0 Å². The highest BCUT2D eigenvalue weighted by molar-refractivity contribution is 5.75. The molecule has 0 aromatic rings. The van der Waals surface area contributed by atoms with Gasteiger partial charge in [0.15, 0.2) is 0 Å². The van der Waals surface area contributed by atoms with E-state index in [4.69, 9.17) is 0 Å². The molecule has 4 nitrogen and oxygen atoms in total. The van der Waals surface area contributed by atoms with Crippen molar-refractivity contribution in [3.8, 4) is 0 Å². The average Bonchev–Trinajstić information content (AvgIpc) is 1.97. The zero-order valence-electron chi connectivity index (χ0n) is 6.94. The van der Waals surface area contributed by atoms with Crippen molar-refractivity contribution in [1.29, 1.82) is 0 Å². The Morgan fingerprint density at radius 3 is 2.45 bits per heavy atom. The third-order valence-electron chi connectivity index (χ3n) is 1.23. The number of carbonyl (C=O) groups excluding carboxylic acids is 2. The van der Waals surface area contributed by atoms with Gasteiger partial charge in [-0.15, -0.1) is 0 Å². The molecule has 0 heterocycles. The Labute approximate surface area is 66.4 Å². The van der Waals surface area contributed by atoms with Crippen molar-refractivity contribution in [2.45, 2.75) is 19.8 Å². The van der Waals surface area contributed by atoms with Crippen molar-refractivity contribution in [1.82, 2.24) is 10.6 Å².